The molecule has 0 N–H and O–H groups in total. The zero-order valence-corrected chi connectivity index (χ0v) is 10.4. The Labute approximate surface area is 103 Å². The Balaban J connectivity index is 2.48. The molecule has 7 heteroatoms. The molecule has 0 spiro atoms. The lowest BCUT2D eigenvalue weighted by atomic mass is 9.82. The average molecular weight is 278 g/mol. The second-order valence-corrected chi connectivity index (χ2v) is 6.42. The number of carbonyl (C=O) groups is 1. The Morgan fingerprint density at radius 2 is 2.12 bits per heavy atom. The second-order valence-electron chi connectivity index (χ2n) is 4.06. The molecule has 1 atom stereocenters. The molecule has 4 nitrogen and oxygen atoms in total. The average Bonchev–Trinajstić information content (AvgIpc) is 2.13. The van der Waals surface area contributed by atoms with Gasteiger partial charge in [-0.3, -0.25) is 4.79 Å². The fraction of sp³-hybridized carbons (Fsp3) is 0.300. The van der Waals surface area contributed by atoms with E-state index in [0.717, 1.165) is 0 Å². The van der Waals surface area contributed by atoms with E-state index < -0.39 is 26.5 Å². The van der Waals surface area contributed by atoms with Crippen LogP contribution >= 0.6 is 10.7 Å². The van der Waals surface area contributed by atoms with Gasteiger partial charge in [-0.1, -0.05) is 12.1 Å². The summed E-state index contributed by atoms with van der Waals surface area (Å²) < 4.78 is 36.2. The van der Waals surface area contributed by atoms with Crippen LogP contribution in [0.25, 0.3) is 0 Å². The van der Waals surface area contributed by atoms with Crippen LogP contribution in [0.5, 0.6) is 0 Å². The number of β-lactam (4-membered cyclic amide) rings is 1. The molecule has 0 aromatic heterocycles. The highest BCUT2D eigenvalue weighted by atomic mass is 35.7. The first-order valence-corrected chi connectivity index (χ1v) is 7.06. The molecule has 0 radical (unpaired) electrons. The monoisotopic (exact) mass is 277 g/mol. The fourth-order valence-electron chi connectivity index (χ4n) is 2.03. The van der Waals surface area contributed by atoms with Crippen molar-refractivity contribution in [3.05, 3.63) is 35.6 Å². The summed E-state index contributed by atoms with van der Waals surface area (Å²) in [6.45, 7) is 1.53. The van der Waals surface area contributed by atoms with E-state index in [1.54, 1.807) is 6.07 Å². The summed E-state index contributed by atoms with van der Waals surface area (Å²) in [5, 5.41) is 0. The molecule has 1 heterocycles. The summed E-state index contributed by atoms with van der Waals surface area (Å²) in [4.78, 5) is 11.3. The molecule has 1 aliphatic heterocycles. The maximum atomic E-state index is 13.1. The van der Waals surface area contributed by atoms with Crippen LogP contribution < -0.4 is 0 Å². The van der Waals surface area contributed by atoms with E-state index >= 15 is 0 Å². The van der Waals surface area contributed by atoms with Gasteiger partial charge >= 0.3 is 9.24 Å². The van der Waals surface area contributed by atoms with Gasteiger partial charge in [-0.25, -0.2) is 8.70 Å². The van der Waals surface area contributed by atoms with Crippen molar-refractivity contribution in [1.82, 2.24) is 4.31 Å². The lowest BCUT2D eigenvalue weighted by Gasteiger charge is -2.47. The minimum absolute atomic E-state index is 0.0115. The summed E-state index contributed by atoms with van der Waals surface area (Å²) in [7, 11) is 1.04. The number of carbonyl (C=O) groups excluding carboxylic acids is 1. The van der Waals surface area contributed by atoms with E-state index in [1.165, 1.54) is 25.1 Å². The number of hydrogen-bond donors (Lipinski definition) is 0. The molecule has 0 bridgehead atoms. The molecular weight excluding hydrogens is 269 g/mol. The van der Waals surface area contributed by atoms with E-state index in [0.29, 0.717) is 9.87 Å². The first-order chi connectivity index (χ1) is 7.75. The van der Waals surface area contributed by atoms with Gasteiger partial charge < -0.3 is 0 Å². The van der Waals surface area contributed by atoms with Crippen LogP contribution in [0.1, 0.15) is 18.9 Å². The molecule has 1 aliphatic rings. The van der Waals surface area contributed by atoms with Gasteiger partial charge in [0.25, 0.3) is 0 Å². The molecule has 1 unspecified atom stereocenters. The number of hydrogen-bond acceptors (Lipinski definition) is 3. The third kappa shape index (κ3) is 1.91. The normalized spacial score (nSPS) is 24.6. The number of halogens is 2. The minimum atomic E-state index is -4.15. The van der Waals surface area contributed by atoms with Crippen molar-refractivity contribution < 1.29 is 17.6 Å². The molecule has 0 saturated carbocycles. The first-order valence-electron chi connectivity index (χ1n) is 4.79. The molecule has 17 heavy (non-hydrogen) atoms. The van der Waals surface area contributed by atoms with Crippen molar-refractivity contribution in [3.63, 3.8) is 0 Å². The van der Waals surface area contributed by atoms with Crippen molar-refractivity contribution >= 4 is 25.8 Å². The smallest absolute Gasteiger partial charge is 0.274 e. The predicted octanol–water partition coefficient (Wildman–Crippen LogP) is 1.76. The van der Waals surface area contributed by atoms with Crippen molar-refractivity contribution in [2.75, 3.05) is 0 Å². The van der Waals surface area contributed by atoms with Gasteiger partial charge in [-0.2, -0.15) is 8.42 Å². The molecule has 1 saturated heterocycles. The van der Waals surface area contributed by atoms with Crippen molar-refractivity contribution in [1.29, 1.82) is 0 Å². The van der Waals surface area contributed by atoms with Gasteiger partial charge in [0.1, 0.15) is 5.82 Å². The van der Waals surface area contributed by atoms with Gasteiger partial charge in [0.15, 0.2) is 0 Å². The lowest BCUT2D eigenvalue weighted by Crippen LogP contribution is -2.60. The van der Waals surface area contributed by atoms with Crippen molar-refractivity contribution in [3.8, 4) is 0 Å². The third-order valence-corrected chi connectivity index (χ3v) is 4.29. The fourth-order valence-corrected chi connectivity index (χ4v) is 3.67. The summed E-state index contributed by atoms with van der Waals surface area (Å²) in [5.41, 5.74) is -0.693. The van der Waals surface area contributed by atoms with Crippen LogP contribution in [-0.2, 0) is 19.6 Å². The van der Waals surface area contributed by atoms with Gasteiger partial charge in [0, 0.05) is 10.7 Å². The largest absolute Gasteiger partial charge is 0.324 e. The van der Waals surface area contributed by atoms with Gasteiger partial charge in [0.2, 0.25) is 5.91 Å². The molecule has 1 aromatic rings. The second kappa shape index (κ2) is 3.68. The first kappa shape index (κ1) is 12.3. The minimum Gasteiger partial charge on any atom is -0.274 e. The number of benzene rings is 1. The Morgan fingerprint density at radius 3 is 2.59 bits per heavy atom. The summed E-state index contributed by atoms with van der Waals surface area (Å²) in [5.74, 6) is -1.08. The predicted molar refractivity (Wildman–Crippen MR) is 60.0 cm³/mol. The summed E-state index contributed by atoms with van der Waals surface area (Å²) >= 11 is 0. The molecule has 1 fully saturated rings. The molecule has 0 aliphatic carbocycles. The van der Waals surface area contributed by atoms with Gasteiger partial charge in [-0.15, -0.1) is 0 Å². The van der Waals surface area contributed by atoms with Crippen molar-refractivity contribution in [2.24, 2.45) is 0 Å². The molecular formula is C10H9ClFNO3S. The molecule has 1 amide bonds. The molecule has 92 valence electrons. The highest BCUT2D eigenvalue weighted by molar-refractivity contribution is 8.12. The van der Waals surface area contributed by atoms with Crippen molar-refractivity contribution in [2.45, 2.75) is 18.9 Å². The zero-order chi connectivity index (χ0) is 12.8. The van der Waals surface area contributed by atoms with Crippen LogP contribution in [0.3, 0.4) is 0 Å². The highest BCUT2D eigenvalue weighted by Gasteiger charge is 2.54. The van der Waals surface area contributed by atoms with Gasteiger partial charge in [0.05, 0.1) is 12.0 Å². The zero-order valence-electron chi connectivity index (χ0n) is 8.85. The Kier molecular flexibility index (Phi) is 2.67. The van der Waals surface area contributed by atoms with Crippen LogP contribution in [0.15, 0.2) is 24.3 Å². The number of nitrogens with zero attached hydrogens (tertiary/aromatic N) is 1. The Hall–Kier alpha value is -1.14. The van der Waals surface area contributed by atoms with Crippen LogP contribution in [0, 0.1) is 5.82 Å². The maximum absolute atomic E-state index is 13.1. The number of rotatable bonds is 2. The molecule has 2 rings (SSSR count). The quantitative estimate of drug-likeness (QED) is 0.611. The van der Waals surface area contributed by atoms with E-state index in [2.05, 4.69) is 0 Å². The third-order valence-electron chi connectivity index (χ3n) is 2.83. The topological polar surface area (TPSA) is 54.5 Å². The number of amides is 1. The summed E-state index contributed by atoms with van der Waals surface area (Å²) in [6, 6.07) is 5.46. The van der Waals surface area contributed by atoms with Gasteiger partial charge in [-0.05, 0) is 24.6 Å². The van der Waals surface area contributed by atoms with E-state index in [9.17, 15) is 17.6 Å². The van der Waals surface area contributed by atoms with E-state index in [-0.39, 0.29) is 6.42 Å². The maximum Gasteiger partial charge on any atom is 0.324 e. The lowest BCUT2D eigenvalue weighted by molar-refractivity contribution is -0.144. The molecule has 1 aromatic carbocycles. The highest BCUT2D eigenvalue weighted by Crippen LogP contribution is 2.44. The van der Waals surface area contributed by atoms with Crippen LogP contribution in [0.4, 0.5) is 4.39 Å². The van der Waals surface area contributed by atoms with Crippen LogP contribution in [-0.4, -0.2) is 18.6 Å². The standard InChI is InChI=1S/C10H9ClFNO3S/c1-10(7-3-2-4-8(12)5-7)6-9(14)13(10)17(11,15)16/h2-5H,6H2,1H3. The Morgan fingerprint density at radius 1 is 1.47 bits per heavy atom. The van der Waals surface area contributed by atoms with E-state index in [4.69, 9.17) is 10.7 Å². The van der Waals surface area contributed by atoms with Crippen LogP contribution in [0.2, 0.25) is 0 Å². The Bertz CT molecular complexity index is 589. The SMILES string of the molecule is CC1(c2cccc(F)c2)CC(=O)N1S(=O)(=O)Cl. The van der Waals surface area contributed by atoms with E-state index in [1.807, 2.05) is 0 Å². The summed E-state index contributed by atoms with van der Waals surface area (Å²) in [6.07, 6.45) is -0.0115.